The van der Waals surface area contributed by atoms with E-state index in [-0.39, 0.29) is 23.8 Å². The first-order valence-electron chi connectivity index (χ1n) is 4.58. The number of aliphatic hydroxyl groups is 1. The number of sulfonamides is 1. The maximum absolute atomic E-state index is 11.5. The van der Waals surface area contributed by atoms with Gasteiger partial charge in [-0.2, -0.15) is 0 Å². The summed E-state index contributed by atoms with van der Waals surface area (Å²) in [6.07, 6.45) is 0. The van der Waals surface area contributed by atoms with E-state index in [1.54, 1.807) is 0 Å². The Labute approximate surface area is 94.1 Å². The normalized spacial score (nSPS) is 11.4. The van der Waals surface area contributed by atoms with Crippen LogP contribution in [0.2, 0.25) is 0 Å². The molecule has 1 rings (SSSR count). The number of hydrogen-bond donors (Lipinski definition) is 3. The molecule has 0 bridgehead atoms. The van der Waals surface area contributed by atoms with Gasteiger partial charge in [0.1, 0.15) is 17.3 Å². The van der Waals surface area contributed by atoms with E-state index in [0.29, 0.717) is 5.75 Å². The van der Waals surface area contributed by atoms with Crippen molar-refractivity contribution in [3.8, 4) is 5.75 Å². The zero-order valence-corrected chi connectivity index (χ0v) is 9.62. The molecule has 0 radical (unpaired) electrons. The Morgan fingerprint density at radius 2 is 2.19 bits per heavy atom. The lowest BCUT2D eigenvalue weighted by Crippen LogP contribution is -2.19. The third-order valence-corrected chi connectivity index (χ3v) is 3.39. The molecule has 0 saturated heterocycles. The molecular formula is C9H14N2O4S. The van der Waals surface area contributed by atoms with E-state index in [2.05, 4.69) is 4.72 Å². The lowest BCUT2D eigenvalue weighted by atomic mass is 10.3. The molecule has 0 saturated carbocycles. The van der Waals surface area contributed by atoms with Crippen LogP contribution in [0.5, 0.6) is 5.75 Å². The lowest BCUT2D eigenvalue weighted by molar-refractivity contribution is 0.201. The number of benzene rings is 1. The molecule has 7 heteroatoms. The second-order valence-corrected chi connectivity index (χ2v) is 4.83. The first kappa shape index (κ1) is 12.8. The van der Waals surface area contributed by atoms with Gasteiger partial charge in [-0.1, -0.05) is 0 Å². The van der Waals surface area contributed by atoms with Crippen LogP contribution in [-0.4, -0.2) is 33.8 Å². The summed E-state index contributed by atoms with van der Waals surface area (Å²) in [6, 6.07) is 4.24. The first-order chi connectivity index (χ1) is 7.51. The van der Waals surface area contributed by atoms with Crippen molar-refractivity contribution in [2.24, 2.45) is 0 Å². The predicted octanol–water partition coefficient (Wildman–Crippen LogP) is -0.452. The van der Waals surface area contributed by atoms with Crippen molar-refractivity contribution in [2.45, 2.75) is 4.90 Å². The summed E-state index contributed by atoms with van der Waals surface area (Å²) in [4.78, 5) is 0.00588. The van der Waals surface area contributed by atoms with Gasteiger partial charge in [0.25, 0.3) is 0 Å². The van der Waals surface area contributed by atoms with Crippen molar-refractivity contribution in [3.05, 3.63) is 18.2 Å². The highest BCUT2D eigenvalue weighted by molar-refractivity contribution is 7.89. The number of nitrogens with two attached hydrogens (primary N) is 1. The second kappa shape index (κ2) is 5.15. The van der Waals surface area contributed by atoms with Crippen LogP contribution in [0, 0.1) is 0 Å². The summed E-state index contributed by atoms with van der Waals surface area (Å²) in [7, 11) is -2.24. The van der Waals surface area contributed by atoms with Crippen molar-refractivity contribution in [1.29, 1.82) is 0 Å². The fourth-order valence-electron chi connectivity index (χ4n) is 1.13. The molecule has 16 heavy (non-hydrogen) atoms. The van der Waals surface area contributed by atoms with Gasteiger partial charge in [-0.25, -0.2) is 13.1 Å². The summed E-state index contributed by atoms with van der Waals surface area (Å²) in [5, 5.41) is 8.56. The number of hydrogen-bond acceptors (Lipinski definition) is 5. The minimum Gasteiger partial charge on any atom is -0.491 e. The maximum atomic E-state index is 11.5. The second-order valence-electron chi connectivity index (χ2n) is 2.98. The molecule has 0 atom stereocenters. The lowest BCUT2D eigenvalue weighted by Gasteiger charge is -2.09. The maximum Gasteiger partial charge on any atom is 0.242 e. The SMILES string of the molecule is CNS(=O)(=O)c1ccc(OCCO)cc1N. The third kappa shape index (κ3) is 2.84. The Morgan fingerprint density at radius 1 is 1.50 bits per heavy atom. The Balaban J connectivity index is 3.01. The molecule has 1 aromatic rings. The molecule has 6 nitrogen and oxygen atoms in total. The average molecular weight is 246 g/mol. The Hall–Kier alpha value is -1.31. The number of ether oxygens (including phenoxy) is 1. The summed E-state index contributed by atoms with van der Waals surface area (Å²) in [6.45, 7) is 0.0219. The van der Waals surface area contributed by atoms with Crippen LogP contribution in [0.3, 0.4) is 0 Å². The van der Waals surface area contributed by atoms with Gasteiger partial charge in [-0.05, 0) is 19.2 Å². The van der Waals surface area contributed by atoms with E-state index < -0.39 is 10.0 Å². The predicted molar refractivity (Wildman–Crippen MR) is 59.7 cm³/mol. The van der Waals surface area contributed by atoms with Crippen molar-refractivity contribution in [3.63, 3.8) is 0 Å². The summed E-state index contributed by atoms with van der Waals surface area (Å²) < 4.78 is 30.2. The highest BCUT2D eigenvalue weighted by atomic mass is 32.2. The van der Waals surface area contributed by atoms with Gasteiger partial charge in [0, 0.05) is 6.07 Å². The van der Waals surface area contributed by atoms with Crippen LogP contribution < -0.4 is 15.2 Å². The fraction of sp³-hybridized carbons (Fsp3) is 0.333. The zero-order valence-electron chi connectivity index (χ0n) is 8.80. The average Bonchev–Trinajstić information content (AvgIpc) is 2.26. The Bertz CT molecular complexity index is 459. The molecule has 0 aliphatic rings. The highest BCUT2D eigenvalue weighted by Crippen LogP contribution is 2.23. The molecule has 0 aliphatic carbocycles. The standard InChI is InChI=1S/C9H14N2O4S/c1-11-16(13,14)9-3-2-7(6-8(9)10)15-5-4-12/h2-3,6,11-12H,4-5,10H2,1H3. The van der Waals surface area contributed by atoms with Crippen LogP contribution in [0.4, 0.5) is 5.69 Å². The molecule has 0 spiro atoms. The van der Waals surface area contributed by atoms with Crippen LogP contribution >= 0.6 is 0 Å². The molecule has 0 unspecified atom stereocenters. The topological polar surface area (TPSA) is 102 Å². The van der Waals surface area contributed by atoms with Crippen molar-refractivity contribution in [1.82, 2.24) is 4.72 Å². The van der Waals surface area contributed by atoms with Gasteiger partial charge in [0.15, 0.2) is 0 Å². The van der Waals surface area contributed by atoms with E-state index in [0.717, 1.165) is 0 Å². The number of nitrogen functional groups attached to an aromatic ring is 1. The van der Waals surface area contributed by atoms with Gasteiger partial charge in [-0.3, -0.25) is 0 Å². The van der Waals surface area contributed by atoms with E-state index in [4.69, 9.17) is 15.6 Å². The number of aliphatic hydroxyl groups excluding tert-OH is 1. The van der Waals surface area contributed by atoms with E-state index in [1.165, 1.54) is 25.2 Å². The molecule has 0 aliphatic heterocycles. The van der Waals surface area contributed by atoms with Crippen molar-refractivity contribution in [2.75, 3.05) is 26.0 Å². The molecule has 4 N–H and O–H groups in total. The van der Waals surface area contributed by atoms with Gasteiger partial charge in [0.2, 0.25) is 10.0 Å². The largest absolute Gasteiger partial charge is 0.491 e. The van der Waals surface area contributed by atoms with Crippen molar-refractivity contribution < 1.29 is 18.3 Å². The Kier molecular flexibility index (Phi) is 4.11. The van der Waals surface area contributed by atoms with Crippen LogP contribution in [0.25, 0.3) is 0 Å². The van der Waals surface area contributed by atoms with Gasteiger partial charge in [0.05, 0.1) is 12.3 Å². The monoisotopic (exact) mass is 246 g/mol. The number of rotatable bonds is 5. The minimum atomic E-state index is -3.55. The summed E-state index contributed by atoms with van der Waals surface area (Å²) in [5.74, 6) is 0.418. The van der Waals surface area contributed by atoms with Crippen LogP contribution in [0.15, 0.2) is 23.1 Å². The molecule has 0 amide bonds. The molecule has 0 fully saturated rings. The van der Waals surface area contributed by atoms with E-state index in [1.807, 2.05) is 0 Å². The van der Waals surface area contributed by atoms with E-state index in [9.17, 15) is 8.42 Å². The molecule has 0 heterocycles. The first-order valence-corrected chi connectivity index (χ1v) is 6.06. The molecule has 90 valence electrons. The van der Waals surface area contributed by atoms with Crippen LogP contribution in [0.1, 0.15) is 0 Å². The highest BCUT2D eigenvalue weighted by Gasteiger charge is 2.15. The number of nitrogens with one attached hydrogen (secondary N) is 1. The molecule has 0 aromatic heterocycles. The van der Waals surface area contributed by atoms with Crippen molar-refractivity contribution >= 4 is 15.7 Å². The van der Waals surface area contributed by atoms with Crippen LogP contribution in [-0.2, 0) is 10.0 Å². The van der Waals surface area contributed by atoms with Gasteiger partial charge in [-0.15, -0.1) is 0 Å². The van der Waals surface area contributed by atoms with Gasteiger partial charge < -0.3 is 15.6 Å². The summed E-state index contributed by atoms with van der Waals surface area (Å²) >= 11 is 0. The number of anilines is 1. The third-order valence-electron chi connectivity index (χ3n) is 1.90. The molecular weight excluding hydrogens is 232 g/mol. The fourth-order valence-corrected chi connectivity index (χ4v) is 1.97. The van der Waals surface area contributed by atoms with E-state index >= 15 is 0 Å². The summed E-state index contributed by atoms with van der Waals surface area (Å²) in [5.41, 5.74) is 5.69. The zero-order chi connectivity index (χ0) is 12.2. The molecule has 1 aromatic carbocycles. The van der Waals surface area contributed by atoms with Gasteiger partial charge >= 0.3 is 0 Å². The Morgan fingerprint density at radius 3 is 2.69 bits per heavy atom. The quantitative estimate of drug-likeness (QED) is 0.611. The smallest absolute Gasteiger partial charge is 0.242 e. The minimum absolute atomic E-state index is 0.00588.